The average Bonchev–Trinajstić information content (AvgIpc) is 2.47. The van der Waals surface area contributed by atoms with Crippen molar-refractivity contribution >= 4 is 23.0 Å². The highest BCUT2D eigenvalue weighted by atomic mass is 32.1. The molecule has 0 saturated carbocycles. The summed E-state index contributed by atoms with van der Waals surface area (Å²) in [5, 5.41) is 7.10. The summed E-state index contributed by atoms with van der Waals surface area (Å²) in [7, 11) is 1.66. The van der Waals surface area contributed by atoms with Crippen LogP contribution in [0.15, 0.2) is 48.5 Å². The van der Waals surface area contributed by atoms with E-state index in [-0.39, 0.29) is 6.04 Å². The van der Waals surface area contributed by atoms with Gasteiger partial charge in [-0.05, 0) is 61.5 Å². The van der Waals surface area contributed by atoms with Crippen molar-refractivity contribution in [2.75, 3.05) is 12.4 Å². The number of hydrogen-bond acceptors (Lipinski definition) is 2. The minimum atomic E-state index is 0.126. The van der Waals surface area contributed by atoms with Crippen molar-refractivity contribution in [1.82, 2.24) is 5.32 Å². The third-order valence-electron chi connectivity index (χ3n) is 3.24. The molecule has 2 N–H and O–H groups in total. The zero-order valence-corrected chi connectivity index (χ0v) is 13.3. The lowest BCUT2D eigenvalue weighted by Gasteiger charge is -2.18. The Morgan fingerprint density at radius 2 is 1.86 bits per heavy atom. The summed E-state index contributed by atoms with van der Waals surface area (Å²) in [5.74, 6) is 0.853. The molecule has 0 fully saturated rings. The molecule has 1 unspecified atom stereocenters. The molecule has 0 aliphatic heterocycles. The van der Waals surface area contributed by atoms with Crippen molar-refractivity contribution in [1.29, 1.82) is 0 Å². The Hall–Kier alpha value is -2.07. The van der Waals surface area contributed by atoms with Gasteiger partial charge in [0.05, 0.1) is 13.2 Å². The van der Waals surface area contributed by atoms with Gasteiger partial charge in [0.2, 0.25) is 0 Å². The summed E-state index contributed by atoms with van der Waals surface area (Å²) in [5.41, 5.74) is 3.35. The van der Waals surface area contributed by atoms with Crippen LogP contribution in [0.25, 0.3) is 0 Å². The van der Waals surface area contributed by atoms with Gasteiger partial charge in [-0.3, -0.25) is 0 Å². The Bertz CT molecular complexity index is 610. The topological polar surface area (TPSA) is 33.3 Å². The molecular formula is C17H20N2OS. The van der Waals surface area contributed by atoms with Crippen molar-refractivity contribution in [2.45, 2.75) is 19.9 Å². The smallest absolute Gasteiger partial charge is 0.171 e. The Labute approximate surface area is 131 Å². The summed E-state index contributed by atoms with van der Waals surface area (Å²) in [6.07, 6.45) is 0. The molecule has 0 aliphatic rings. The molecule has 2 aromatic carbocycles. The van der Waals surface area contributed by atoms with Gasteiger partial charge in [0.1, 0.15) is 5.75 Å². The highest BCUT2D eigenvalue weighted by Crippen LogP contribution is 2.17. The van der Waals surface area contributed by atoms with Crippen LogP contribution in [0.5, 0.6) is 5.75 Å². The number of thiocarbonyl (C=S) groups is 1. The van der Waals surface area contributed by atoms with E-state index in [2.05, 4.69) is 36.6 Å². The Morgan fingerprint density at radius 1 is 1.14 bits per heavy atom. The maximum atomic E-state index is 5.36. The molecule has 0 heterocycles. The molecule has 21 heavy (non-hydrogen) atoms. The molecule has 0 spiro atoms. The summed E-state index contributed by atoms with van der Waals surface area (Å²) in [6.45, 7) is 4.13. The predicted molar refractivity (Wildman–Crippen MR) is 91.9 cm³/mol. The first-order valence-electron chi connectivity index (χ1n) is 6.86. The number of aryl methyl sites for hydroxylation is 1. The van der Waals surface area contributed by atoms with Gasteiger partial charge in [-0.2, -0.15) is 0 Å². The largest absolute Gasteiger partial charge is 0.497 e. The van der Waals surface area contributed by atoms with Gasteiger partial charge in [-0.1, -0.05) is 24.3 Å². The fourth-order valence-electron chi connectivity index (χ4n) is 2.06. The number of rotatable bonds is 4. The third-order valence-corrected chi connectivity index (χ3v) is 3.46. The van der Waals surface area contributed by atoms with Crippen LogP contribution in [-0.4, -0.2) is 12.2 Å². The van der Waals surface area contributed by atoms with E-state index in [1.165, 1.54) is 5.56 Å². The molecule has 1 atom stereocenters. The van der Waals surface area contributed by atoms with Gasteiger partial charge in [0, 0.05) is 5.69 Å². The lowest BCUT2D eigenvalue weighted by molar-refractivity contribution is 0.414. The molecule has 0 saturated heterocycles. The first kappa shape index (κ1) is 15.3. The second-order valence-electron chi connectivity index (χ2n) is 4.96. The lowest BCUT2D eigenvalue weighted by Crippen LogP contribution is -2.30. The molecule has 2 aromatic rings. The van der Waals surface area contributed by atoms with Crippen LogP contribution in [0, 0.1) is 6.92 Å². The zero-order chi connectivity index (χ0) is 15.2. The molecule has 0 amide bonds. The Balaban J connectivity index is 1.95. The van der Waals surface area contributed by atoms with Crippen molar-refractivity contribution in [3.63, 3.8) is 0 Å². The molecular weight excluding hydrogens is 280 g/mol. The molecule has 0 bridgehead atoms. The van der Waals surface area contributed by atoms with Crippen molar-refractivity contribution in [3.05, 3.63) is 59.7 Å². The maximum absolute atomic E-state index is 5.36. The monoisotopic (exact) mass is 300 g/mol. The van der Waals surface area contributed by atoms with Crippen molar-refractivity contribution < 1.29 is 4.74 Å². The molecule has 4 heteroatoms. The van der Waals surface area contributed by atoms with Gasteiger partial charge in [-0.15, -0.1) is 0 Å². The number of methoxy groups -OCH3 is 1. The first-order chi connectivity index (χ1) is 10.1. The quantitative estimate of drug-likeness (QED) is 0.835. The van der Waals surface area contributed by atoms with Crippen LogP contribution in [-0.2, 0) is 0 Å². The zero-order valence-electron chi connectivity index (χ0n) is 12.5. The molecule has 3 nitrogen and oxygen atoms in total. The summed E-state index contributed by atoms with van der Waals surface area (Å²) in [4.78, 5) is 0. The van der Waals surface area contributed by atoms with Crippen LogP contribution in [0.4, 0.5) is 5.69 Å². The molecule has 2 rings (SSSR count). The lowest BCUT2D eigenvalue weighted by atomic mass is 10.1. The van der Waals surface area contributed by atoms with Crippen molar-refractivity contribution in [3.8, 4) is 5.75 Å². The fourth-order valence-corrected chi connectivity index (χ4v) is 2.36. The van der Waals surface area contributed by atoms with Gasteiger partial charge in [-0.25, -0.2) is 0 Å². The van der Waals surface area contributed by atoms with Crippen LogP contribution in [0.2, 0.25) is 0 Å². The first-order valence-corrected chi connectivity index (χ1v) is 7.27. The molecule has 0 radical (unpaired) electrons. The Kier molecular flexibility index (Phi) is 5.17. The fraction of sp³-hybridized carbons (Fsp3) is 0.235. The van der Waals surface area contributed by atoms with Gasteiger partial charge >= 0.3 is 0 Å². The maximum Gasteiger partial charge on any atom is 0.171 e. The number of anilines is 1. The van der Waals surface area contributed by atoms with E-state index in [0.29, 0.717) is 5.11 Å². The minimum absolute atomic E-state index is 0.126. The summed E-state index contributed by atoms with van der Waals surface area (Å²) in [6, 6.07) is 16.2. The normalized spacial score (nSPS) is 11.6. The second-order valence-corrected chi connectivity index (χ2v) is 5.37. The minimum Gasteiger partial charge on any atom is -0.497 e. The van der Waals surface area contributed by atoms with E-state index >= 15 is 0 Å². The van der Waals surface area contributed by atoms with Gasteiger partial charge in [0.25, 0.3) is 0 Å². The second kappa shape index (κ2) is 7.09. The predicted octanol–water partition coefficient (Wildman–Crippen LogP) is 4.05. The van der Waals surface area contributed by atoms with E-state index in [4.69, 9.17) is 17.0 Å². The molecule has 0 aromatic heterocycles. The Morgan fingerprint density at radius 3 is 2.48 bits per heavy atom. The number of ether oxygens (including phenoxy) is 1. The van der Waals surface area contributed by atoms with Crippen LogP contribution in [0.3, 0.4) is 0 Å². The number of hydrogen-bond donors (Lipinski definition) is 2. The van der Waals surface area contributed by atoms with E-state index in [1.807, 2.05) is 36.4 Å². The molecule has 110 valence electrons. The number of benzene rings is 2. The standard InChI is InChI=1S/C17H20N2OS/c1-12-5-4-6-15(11-12)19-17(21)18-13(2)14-7-9-16(20-3)10-8-14/h4-11,13H,1-3H3,(H2,18,19,21). The van der Waals surface area contributed by atoms with Gasteiger partial charge < -0.3 is 15.4 Å². The van der Waals surface area contributed by atoms with Crippen molar-refractivity contribution in [2.24, 2.45) is 0 Å². The summed E-state index contributed by atoms with van der Waals surface area (Å²) < 4.78 is 5.16. The van der Waals surface area contributed by atoms with Crippen LogP contribution in [0.1, 0.15) is 24.1 Å². The highest BCUT2D eigenvalue weighted by Gasteiger charge is 2.07. The molecule has 0 aliphatic carbocycles. The average molecular weight is 300 g/mol. The number of nitrogens with one attached hydrogen (secondary N) is 2. The van der Waals surface area contributed by atoms with E-state index in [0.717, 1.165) is 17.0 Å². The summed E-state index contributed by atoms with van der Waals surface area (Å²) >= 11 is 5.36. The van der Waals surface area contributed by atoms with Crippen LogP contribution < -0.4 is 15.4 Å². The van der Waals surface area contributed by atoms with Crippen LogP contribution >= 0.6 is 12.2 Å². The van der Waals surface area contributed by atoms with E-state index in [1.54, 1.807) is 7.11 Å². The van der Waals surface area contributed by atoms with Gasteiger partial charge in [0.15, 0.2) is 5.11 Å². The van der Waals surface area contributed by atoms with E-state index in [9.17, 15) is 0 Å². The van der Waals surface area contributed by atoms with E-state index < -0.39 is 0 Å². The SMILES string of the molecule is COc1ccc(C(C)NC(=S)Nc2cccc(C)c2)cc1. The highest BCUT2D eigenvalue weighted by molar-refractivity contribution is 7.80. The third kappa shape index (κ3) is 4.46.